The number of aliphatic carboxylic acids is 1. The topological polar surface area (TPSA) is 46.5 Å². The molecular formula is C11H20O3. The second kappa shape index (κ2) is 10.1. The summed E-state index contributed by atoms with van der Waals surface area (Å²) in [5.41, 5.74) is 0. The monoisotopic (exact) mass is 200 g/mol. The molecule has 0 bridgehead atoms. The van der Waals surface area contributed by atoms with Gasteiger partial charge in [0.2, 0.25) is 0 Å². The second-order valence-corrected chi connectivity index (χ2v) is 3.24. The molecule has 0 atom stereocenters. The van der Waals surface area contributed by atoms with Crippen molar-refractivity contribution < 1.29 is 14.6 Å². The highest BCUT2D eigenvalue weighted by Crippen LogP contribution is 1.98. The summed E-state index contributed by atoms with van der Waals surface area (Å²) in [6, 6.07) is 0. The molecule has 0 saturated heterocycles. The minimum Gasteiger partial charge on any atom is -0.502 e. The summed E-state index contributed by atoms with van der Waals surface area (Å²) in [6.45, 7) is 2.92. The summed E-state index contributed by atoms with van der Waals surface area (Å²) in [5.74, 6) is -0.734. The molecule has 0 spiro atoms. The Labute approximate surface area is 85.8 Å². The number of ether oxygens (including phenoxy) is 1. The first-order valence-corrected chi connectivity index (χ1v) is 5.25. The Morgan fingerprint density at radius 2 is 2.14 bits per heavy atom. The third-order valence-electron chi connectivity index (χ3n) is 1.82. The molecule has 0 radical (unpaired) electrons. The molecule has 0 aromatic rings. The van der Waals surface area contributed by atoms with Crippen LogP contribution in [0.1, 0.15) is 45.4 Å². The molecule has 14 heavy (non-hydrogen) atoms. The van der Waals surface area contributed by atoms with E-state index in [-0.39, 0.29) is 6.42 Å². The predicted octanol–water partition coefficient (Wildman–Crippen LogP) is 2.96. The van der Waals surface area contributed by atoms with Crippen LogP contribution >= 0.6 is 0 Å². The van der Waals surface area contributed by atoms with Gasteiger partial charge in [-0.1, -0.05) is 19.8 Å². The minimum atomic E-state index is -0.734. The van der Waals surface area contributed by atoms with Crippen molar-refractivity contribution in [3.05, 3.63) is 12.3 Å². The molecule has 3 nitrogen and oxygen atoms in total. The number of carbonyl (C=O) groups is 1. The van der Waals surface area contributed by atoms with Gasteiger partial charge in [-0.15, -0.1) is 0 Å². The van der Waals surface area contributed by atoms with Gasteiger partial charge in [-0.2, -0.15) is 0 Å². The van der Waals surface area contributed by atoms with Crippen LogP contribution in [0.4, 0.5) is 0 Å². The van der Waals surface area contributed by atoms with Crippen LogP contribution in [0.15, 0.2) is 12.3 Å². The lowest BCUT2D eigenvalue weighted by molar-refractivity contribution is -0.137. The van der Waals surface area contributed by atoms with Crippen molar-refractivity contribution in [3.63, 3.8) is 0 Å². The van der Waals surface area contributed by atoms with Crippen LogP contribution in [-0.4, -0.2) is 17.7 Å². The molecule has 0 aliphatic rings. The van der Waals surface area contributed by atoms with E-state index in [9.17, 15) is 4.79 Å². The van der Waals surface area contributed by atoms with E-state index >= 15 is 0 Å². The van der Waals surface area contributed by atoms with E-state index in [0.717, 1.165) is 19.4 Å². The molecule has 0 fully saturated rings. The van der Waals surface area contributed by atoms with Crippen LogP contribution in [0.3, 0.4) is 0 Å². The Bertz CT molecular complexity index is 164. The summed E-state index contributed by atoms with van der Waals surface area (Å²) in [4.78, 5) is 10.2. The molecular weight excluding hydrogens is 180 g/mol. The Hall–Kier alpha value is -0.990. The molecule has 0 saturated carbocycles. The van der Waals surface area contributed by atoms with Crippen molar-refractivity contribution in [1.82, 2.24) is 0 Å². The molecule has 0 unspecified atom stereocenters. The van der Waals surface area contributed by atoms with Crippen molar-refractivity contribution >= 4 is 5.97 Å². The van der Waals surface area contributed by atoms with Crippen molar-refractivity contribution in [2.75, 3.05) is 6.61 Å². The average molecular weight is 200 g/mol. The van der Waals surface area contributed by atoms with Gasteiger partial charge in [-0.05, 0) is 25.3 Å². The second-order valence-electron chi connectivity index (χ2n) is 3.24. The van der Waals surface area contributed by atoms with Crippen molar-refractivity contribution in [1.29, 1.82) is 0 Å². The zero-order valence-electron chi connectivity index (χ0n) is 8.87. The van der Waals surface area contributed by atoms with Gasteiger partial charge in [-0.3, -0.25) is 4.79 Å². The maximum atomic E-state index is 10.2. The van der Waals surface area contributed by atoms with Gasteiger partial charge in [0.25, 0.3) is 0 Å². The first-order chi connectivity index (χ1) is 6.77. The van der Waals surface area contributed by atoms with E-state index in [1.807, 2.05) is 6.08 Å². The summed E-state index contributed by atoms with van der Waals surface area (Å²) >= 11 is 0. The summed E-state index contributed by atoms with van der Waals surface area (Å²) < 4.78 is 5.21. The molecule has 0 heterocycles. The largest absolute Gasteiger partial charge is 0.502 e. The van der Waals surface area contributed by atoms with Gasteiger partial charge in [0, 0.05) is 6.42 Å². The molecule has 0 rings (SSSR count). The molecule has 0 amide bonds. The fourth-order valence-corrected chi connectivity index (χ4v) is 1.01. The molecule has 3 heteroatoms. The lowest BCUT2D eigenvalue weighted by Gasteiger charge is -1.98. The highest BCUT2D eigenvalue weighted by Gasteiger charge is 1.93. The molecule has 0 aromatic heterocycles. The zero-order valence-corrected chi connectivity index (χ0v) is 8.87. The zero-order chi connectivity index (χ0) is 10.6. The molecule has 0 aliphatic heterocycles. The first-order valence-electron chi connectivity index (χ1n) is 5.25. The van der Waals surface area contributed by atoms with Gasteiger partial charge < -0.3 is 9.84 Å². The normalized spacial score (nSPS) is 10.6. The van der Waals surface area contributed by atoms with Gasteiger partial charge in [0.15, 0.2) is 0 Å². The molecule has 82 valence electrons. The summed E-state index contributed by atoms with van der Waals surface area (Å²) in [5, 5.41) is 8.36. The fraction of sp³-hybridized carbons (Fsp3) is 0.727. The van der Waals surface area contributed by atoms with E-state index in [1.54, 1.807) is 6.26 Å². The first kappa shape index (κ1) is 13.0. The number of unbranched alkanes of at least 4 members (excludes halogenated alkanes) is 3. The van der Waals surface area contributed by atoms with Gasteiger partial charge in [-0.25, -0.2) is 0 Å². The van der Waals surface area contributed by atoms with Gasteiger partial charge >= 0.3 is 5.97 Å². The Morgan fingerprint density at radius 3 is 2.79 bits per heavy atom. The van der Waals surface area contributed by atoms with E-state index < -0.39 is 5.97 Å². The third-order valence-corrected chi connectivity index (χ3v) is 1.82. The number of rotatable bonds is 9. The number of allylic oxidation sites excluding steroid dienone is 1. The smallest absolute Gasteiger partial charge is 0.303 e. The van der Waals surface area contributed by atoms with Gasteiger partial charge in [0.1, 0.15) is 0 Å². The standard InChI is InChI=1S/C11H20O3/c1-2-3-6-9-14-10-7-4-5-8-11(12)13/h7,10H,2-6,8-9H2,1H3,(H,12,13). The Morgan fingerprint density at radius 1 is 1.36 bits per heavy atom. The minimum absolute atomic E-state index is 0.236. The third kappa shape index (κ3) is 11.0. The highest BCUT2D eigenvalue weighted by molar-refractivity contribution is 5.66. The number of carboxylic acids is 1. The Balaban J connectivity index is 3.07. The van der Waals surface area contributed by atoms with E-state index in [4.69, 9.17) is 9.84 Å². The molecule has 1 N–H and O–H groups in total. The van der Waals surface area contributed by atoms with E-state index in [2.05, 4.69) is 6.92 Å². The molecule has 0 aromatic carbocycles. The maximum Gasteiger partial charge on any atom is 0.303 e. The number of hydrogen-bond acceptors (Lipinski definition) is 2. The van der Waals surface area contributed by atoms with Crippen LogP contribution in [-0.2, 0) is 9.53 Å². The summed E-state index contributed by atoms with van der Waals surface area (Å²) in [7, 11) is 0. The fourth-order valence-electron chi connectivity index (χ4n) is 1.01. The van der Waals surface area contributed by atoms with E-state index in [1.165, 1.54) is 12.8 Å². The molecule has 0 aliphatic carbocycles. The van der Waals surface area contributed by atoms with Crippen LogP contribution in [0.25, 0.3) is 0 Å². The predicted molar refractivity (Wildman–Crippen MR) is 56.1 cm³/mol. The Kier molecular flexibility index (Phi) is 9.38. The summed E-state index contributed by atoms with van der Waals surface area (Å²) in [6.07, 6.45) is 8.76. The van der Waals surface area contributed by atoms with E-state index in [0.29, 0.717) is 6.42 Å². The quantitative estimate of drug-likeness (QED) is 0.459. The number of carboxylic acid groups (broad SMARTS) is 1. The SMILES string of the molecule is CCCCCOC=CCCCC(=O)O. The lowest BCUT2D eigenvalue weighted by Crippen LogP contribution is -1.92. The van der Waals surface area contributed by atoms with Crippen molar-refractivity contribution in [2.45, 2.75) is 45.4 Å². The van der Waals surface area contributed by atoms with Crippen molar-refractivity contribution in [2.24, 2.45) is 0 Å². The lowest BCUT2D eigenvalue weighted by atomic mass is 10.2. The van der Waals surface area contributed by atoms with Crippen LogP contribution in [0, 0.1) is 0 Å². The maximum absolute atomic E-state index is 10.2. The van der Waals surface area contributed by atoms with Gasteiger partial charge in [0.05, 0.1) is 12.9 Å². The number of hydrogen-bond donors (Lipinski definition) is 1. The highest BCUT2D eigenvalue weighted by atomic mass is 16.5. The van der Waals surface area contributed by atoms with Crippen LogP contribution in [0.5, 0.6) is 0 Å². The average Bonchev–Trinajstić information content (AvgIpc) is 2.15. The van der Waals surface area contributed by atoms with Crippen LogP contribution < -0.4 is 0 Å². The van der Waals surface area contributed by atoms with Crippen LogP contribution in [0.2, 0.25) is 0 Å². The van der Waals surface area contributed by atoms with Crippen molar-refractivity contribution in [3.8, 4) is 0 Å².